The minimum Gasteiger partial charge on any atom is -0.388 e. The van der Waals surface area contributed by atoms with E-state index >= 15 is 0 Å². The number of rotatable bonds is 0. The third-order valence-corrected chi connectivity index (χ3v) is 8.77. The molecule has 1 aliphatic heterocycles. The predicted molar refractivity (Wildman–Crippen MR) is 88.9 cm³/mol. The van der Waals surface area contributed by atoms with Gasteiger partial charge in [0, 0.05) is 23.6 Å². The van der Waals surface area contributed by atoms with E-state index in [0.29, 0.717) is 22.7 Å². The van der Waals surface area contributed by atoms with E-state index in [1.807, 2.05) is 0 Å². The van der Waals surface area contributed by atoms with Crippen LogP contribution in [0.15, 0.2) is 17.1 Å². The summed E-state index contributed by atoms with van der Waals surface area (Å²) in [6.07, 6.45) is 12.5. The van der Waals surface area contributed by atoms with Crippen molar-refractivity contribution in [1.29, 1.82) is 0 Å². The second-order valence-corrected chi connectivity index (χ2v) is 9.42. The normalized spacial score (nSPS) is 59.1. The third-order valence-electron chi connectivity index (χ3n) is 8.77. The van der Waals surface area contributed by atoms with Gasteiger partial charge in [0.15, 0.2) is 0 Å². The molecule has 2 nitrogen and oxygen atoms in total. The number of aliphatic hydroxyl groups excluding tert-OH is 1. The average molecular weight is 299 g/mol. The van der Waals surface area contributed by atoms with Crippen molar-refractivity contribution in [1.82, 2.24) is 0 Å². The minimum atomic E-state index is -0.246. The highest BCUT2D eigenvalue weighted by molar-refractivity contribution is 5.70. The number of nitrogens with zero attached hydrogens (tertiary/aromatic N) is 1. The highest BCUT2D eigenvalue weighted by Gasteiger charge is 2.68. The van der Waals surface area contributed by atoms with Crippen molar-refractivity contribution in [3.05, 3.63) is 12.2 Å². The SMILES string of the molecule is C=C1[C@H]2CC[C@@]3(CC[C@@H]4[C@@]5(C)CCC[C@@]4(C=NC5)[C@@H]3C2)[C@@H]1O. The Morgan fingerprint density at radius 3 is 2.86 bits per heavy atom. The lowest BCUT2D eigenvalue weighted by atomic mass is 9.35. The van der Waals surface area contributed by atoms with E-state index < -0.39 is 0 Å². The molecule has 22 heavy (non-hydrogen) atoms. The molecule has 2 heteroatoms. The van der Waals surface area contributed by atoms with Crippen molar-refractivity contribution in [2.24, 2.45) is 39.0 Å². The fourth-order valence-electron chi connectivity index (χ4n) is 7.80. The minimum absolute atomic E-state index is 0.129. The van der Waals surface area contributed by atoms with Gasteiger partial charge in [0.1, 0.15) is 0 Å². The lowest BCUT2D eigenvalue weighted by Gasteiger charge is -2.70. The third kappa shape index (κ3) is 1.36. The molecule has 0 saturated heterocycles. The summed E-state index contributed by atoms with van der Waals surface area (Å²) < 4.78 is 0. The molecule has 6 aliphatic rings. The fourth-order valence-corrected chi connectivity index (χ4v) is 7.80. The van der Waals surface area contributed by atoms with E-state index in [4.69, 9.17) is 4.99 Å². The Morgan fingerprint density at radius 2 is 2.00 bits per heavy atom. The highest BCUT2D eigenvalue weighted by atomic mass is 16.3. The van der Waals surface area contributed by atoms with E-state index in [-0.39, 0.29) is 11.5 Å². The molecule has 0 amide bonds. The maximum absolute atomic E-state index is 11.1. The van der Waals surface area contributed by atoms with Crippen molar-refractivity contribution in [3.63, 3.8) is 0 Å². The average Bonchev–Trinajstić information content (AvgIpc) is 2.50. The van der Waals surface area contributed by atoms with Gasteiger partial charge in [-0.05, 0) is 73.7 Å². The monoisotopic (exact) mass is 299 g/mol. The van der Waals surface area contributed by atoms with Gasteiger partial charge in [-0.2, -0.15) is 0 Å². The molecule has 5 fully saturated rings. The molecule has 4 bridgehead atoms. The largest absolute Gasteiger partial charge is 0.388 e. The Hall–Kier alpha value is -0.630. The summed E-state index contributed by atoms with van der Waals surface area (Å²) in [6.45, 7) is 7.81. The maximum Gasteiger partial charge on any atom is 0.0809 e. The van der Waals surface area contributed by atoms with Gasteiger partial charge in [-0.1, -0.05) is 19.9 Å². The van der Waals surface area contributed by atoms with Crippen LogP contribution in [0.5, 0.6) is 0 Å². The molecule has 120 valence electrons. The standard InChI is InChI=1S/C20H29NO/c1-13-14-4-8-19(17(13)22)9-5-15-18(2)6-3-7-20(15,12-21-11-18)16(19)10-14/h12,14-17,22H,1,3-11H2,2H3/t14-,15+,16+,17+,18-,19-,20-/m0/s1. The lowest BCUT2D eigenvalue weighted by molar-refractivity contribution is -0.185. The second kappa shape index (κ2) is 4.06. The van der Waals surface area contributed by atoms with Gasteiger partial charge in [-0.25, -0.2) is 0 Å². The van der Waals surface area contributed by atoms with Crippen molar-refractivity contribution in [3.8, 4) is 0 Å². The van der Waals surface area contributed by atoms with E-state index in [0.717, 1.165) is 18.0 Å². The number of fused-ring (bicyclic) bond motifs is 2. The fraction of sp³-hybridized carbons (Fsp3) is 0.850. The molecule has 5 saturated carbocycles. The Morgan fingerprint density at radius 1 is 1.18 bits per heavy atom. The van der Waals surface area contributed by atoms with Crippen LogP contribution < -0.4 is 0 Å². The molecule has 7 atom stereocenters. The van der Waals surface area contributed by atoms with Crippen molar-refractivity contribution in [2.45, 2.75) is 64.4 Å². The van der Waals surface area contributed by atoms with Gasteiger partial charge in [0.25, 0.3) is 0 Å². The Balaban J connectivity index is 1.66. The highest BCUT2D eigenvalue weighted by Crippen LogP contribution is 2.72. The molecule has 1 spiro atoms. The van der Waals surface area contributed by atoms with Crippen LogP contribution in [0.4, 0.5) is 0 Å². The molecule has 1 heterocycles. The van der Waals surface area contributed by atoms with Crippen molar-refractivity contribution < 1.29 is 5.11 Å². The van der Waals surface area contributed by atoms with Gasteiger partial charge in [-0.3, -0.25) is 4.99 Å². The van der Waals surface area contributed by atoms with Gasteiger partial charge in [-0.15, -0.1) is 0 Å². The number of aliphatic hydroxyl groups is 1. The molecular weight excluding hydrogens is 270 g/mol. The zero-order valence-electron chi connectivity index (χ0n) is 13.9. The number of aliphatic imine (C=N–C) groups is 1. The first-order valence-corrected chi connectivity index (χ1v) is 9.40. The van der Waals surface area contributed by atoms with E-state index in [1.54, 1.807) is 0 Å². The summed E-state index contributed by atoms with van der Waals surface area (Å²) >= 11 is 0. The molecular formula is C20H29NO. The Labute approximate surface area is 134 Å². The maximum atomic E-state index is 11.1. The van der Waals surface area contributed by atoms with Crippen LogP contribution in [-0.2, 0) is 0 Å². The molecule has 0 unspecified atom stereocenters. The van der Waals surface area contributed by atoms with E-state index in [2.05, 4.69) is 19.7 Å². The van der Waals surface area contributed by atoms with Crippen molar-refractivity contribution >= 4 is 6.21 Å². The number of hydrogen-bond donors (Lipinski definition) is 1. The molecule has 0 aromatic carbocycles. The van der Waals surface area contributed by atoms with Crippen LogP contribution in [-0.4, -0.2) is 24.0 Å². The summed E-state index contributed by atoms with van der Waals surface area (Å²) in [6, 6.07) is 0. The molecule has 1 N–H and O–H groups in total. The van der Waals surface area contributed by atoms with Crippen LogP contribution in [0.25, 0.3) is 0 Å². The summed E-state index contributed by atoms with van der Waals surface area (Å²) in [5, 5.41) is 11.1. The topological polar surface area (TPSA) is 32.6 Å². The molecule has 5 aliphatic carbocycles. The smallest absolute Gasteiger partial charge is 0.0809 e. The zero-order chi connectivity index (χ0) is 15.2. The van der Waals surface area contributed by atoms with Gasteiger partial charge >= 0.3 is 0 Å². The molecule has 0 aromatic rings. The van der Waals surface area contributed by atoms with Crippen LogP contribution in [0.2, 0.25) is 0 Å². The van der Waals surface area contributed by atoms with Gasteiger partial charge in [0.2, 0.25) is 0 Å². The summed E-state index contributed by atoms with van der Waals surface area (Å²) in [7, 11) is 0. The van der Waals surface area contributed by atoms with Crippen LogP contribution in [0.1, 0.15) is 58.3 Å². The van der Waals surface area contributed by atoms with Crippen LogP contribution >= 0.6 is 0 Å². The second-order valence-electron chi connectivity index (χ2n) is 9.42. The van der Waals surface area contributed by atoms with Crippen LogP contribution in [0.3, 0.4) is 0 Å². The molecule has 6 rings (SSSR count). The predicted octanol–water partition coefficient (Wildman–Crippen LogP) is 3.99. The zero-order valence-corrected chi connectivity index (χ0v) is 13.9. The molecule has 0 radical (unpaired) electrons. The summed E-state index contributed by atoms with van der Waals surface area (Å²) in [5.41, 5.74) is 2.00. The Kier molecular flexibility index (Phi) is 2.54. The van der Waals surface area contributed by atoms with Gasteiger partial charge in [0.05, 0.1) is 6.10 Å². The van der Waals surface area contributed by atoms with Crippen molar-refractivity contribution in [2.75, 3.05) is 6.54 Å². The van der Waals surface area contributed by atoms with Gasteiger partial charge < -0.3 is 5.11 Å². The quantitative estimate of drug-likeness (QED) is 0.674. The first kappa shape index (κ1) is 13.8. The van der Waals surface area contributed by atoms with E-state index in [9.17, 15) is 5.11 Å². The van der Waals surface area contributed by atoms with E-state index in [1.165, 1.54) is 51.4 Å². The number of hydrogen-bond acceptors (Lipinski definition) is 2. The molecule has 0 aromatic heterocycles. The van der Waals surface area contributed by atoms with Crippen LogP contribution in [0, 0.1) is 34.0 Å². The Bertz CT molecular complexity index is 568. The summed E-state index contributed by atoms with van der Waals surface area (Å²) in [4.78, 5) is 4.89. The first-order chi connectivity index (χ1) is 10.5. The lowest BCUT2D eigenvalue weighted by Crippen LogP contribution is -2.66. The first-order valence-electron chi connectivity index (χ1n) is 9.40. The summed E-state index contributed by atoms with van der Waals surface area (Å²) in [5.74, 6) is 2.03.